The number of amides is 1. The Labute approximate surface area is 165 Å². The zero-order chi connectivity index (χ0) is 19.7. The highest BCUT2D eigenvalue weighted by molar-refractivity contribution is 5.82. The summed E-state index contributed by atoms with van der Waals surface area (Å²) in [5.41, 5.74) is 9.53. The van der Waals surface area contributed by atoms with Crippen molar-refractivity contribution in [1.82, 2.24) is 4.90 Å². The number of halogens is 1. The first kappa shape index (κ1) is 19.1. The van der Waals surface area contributed by atoms with Crippen molar-refractivity contribution in [3.63, 3.8) is 0 Å². The van der Waals surface area contributed by atoms with Crippen LogP contribution in [0.15, 0.2) is 48.5 Å². The molecule has 2 heterocycles. The van der Waals surface area contributed by atoms with Crippen molar-refractivity contribution < 1.29 is 13.9 Å². The average molecular weight is 382 g/mol. The maximum Gasteiger partial charge on any atom is 0.252 e. The molecule has 0 radical (unpaired) electrons. The van der Waals surface area contributed by atoms with E-state index in [4.69, 9.17) is 10.5 Å². The molecule has 1 amide bonds. The van der Waals surface area contributed by atoms with E-state index in [-0.39, 0.29) is 23.8 Å². The number of carbonyl (C=O) groups is 1. The van der Waals surface area contributed by atoms with Gasteiger partial charge in [0.15, 0.2) is 0 Å². The largest absolute Gasteiger partial charge is 0.368 e. The minimum Gasteiger partial charge on any atom is -0.368 e. The van der Waals surface area contributed by atoms with Crippen molar-refractivity contribution in [3.8, 4) is 0 Å². The molecule has 148 valence electrons. The highest BCUT2D eigenvalue weighted by Crippen LogP contribution is 2.36. The molecular formula is C23H27FN2O2. The second kappa shape index (κ2) is 8.02. The maximum atomic E-state index is 13.5. The minimum absolute atomic E-state index is 0.0194. The smallest absolute Gasteiger partial charge is 0.252 e. The van der Waals surface area contributed by atoms with E-state index in [2.05, 4.69) is 19.1 Å². The molecule has 2 aromatic rings. The molecule has 5 heteroatoms. The van der Waals surface area contributed by atoms with Gasteiger partial charge in [-0.2, -0.15) is 0 Å². The number of benzene rings is 2. The van der Waals surface area contributed by atoms with Crippen LogP contribution in [0.3, 0.4) is 0 Å². The molecule has 0 bridgehead atoms. The summed E-state index contributed by atoms with van der Waals surface area (Å²) in [5.74, 6) is 0.00535. The van der Waals surface area contributed by atoms with E-state index in [1.54, 1.807) is 12.1 Å². The molecule has 2 N–H and O–H groups in total. The Morgan fingerprint density at radius 3 is 2.68 bits per heavy atom. The first-order valence-electron chi connectivity index (χ1n) is 10.1. The van der Waals surface area contributed by atoms with Crippen LogP contribution in [-0.4, -0.2) is 36.1 Å². The summed E-state index contributed by atoms with van der Waals surface area (Å²) >= 11 is 0. The van der Waals surface area contributed by atoms with Crippen LogP contribution in [0.25, 0.3) is 0 Å². The first-order chi connectivity index (χ1) is 13.6. The van der Waals surface area contributed by atoms with Crippen LogP contribution in [0.4, 0.5) is 4.39 Å². The predicted octanol–water partition coefficient (Wildman–Crippen LogP) is 3.44. The lowest BCUT2D eigenvalue weighted by molar-refractivity contribution is -0.151. The molecule has 4 nitrogen and oxygen atoms in total. The fourth-order valence-corrected chi connectivity index (χ4v) is 4.46. The molecular weight excluding hydrogens is 355 g/mol. The number of ether oxygens (including phenoxy) is 1. The monoisotopic (exact) mass is 382 g/mol. The second-order valence-corrected chi connectivity index (χ2v) is 7.82. The van der Waals surface area contributed by atoms with Crippen molar-refractivity contribution in [1.29, 1.82) is 0 Å². The van der Waals surface area contributed by atoms with Crippen LogP contribution in [0.1, 0.15) is 42.5 Å². The van der Waals surface area contributed by atoms with E-state index < -0.39 is 6.10 Å². The van der Waals surface area contributed by atoms with Gasteiger partial charge < -0.3 is 15.4 Å². The summed E-state index contributed by atoms with van der Waals surface area (Å²) in [7, 11) is 0. The van der Waals surface area contributed by atoms with E-state index in [1.165, 1.54) is 17.7 Å². The number of hydrogen-bond acceptors (Lipinski definition) is 3. The highest BCUT2D eigenvalue weighted by Gasteiger charge is 2.39. The van der Waals surface area contributed by atoms with Gasteiger partial charge in [0.2, 0.25) is 0 Å². The molecule has 1 saturated heterocycles. The number of rotatable bonds is 3. The molecule has 0 saturated carbocycles. The molecule has 4 rings (SSSR count). The molecule has 2 aliphatic heterocycles. The summed E-state index contributed by atoms with van der Waals surface area (Å²) in [4.78, 5) is 15.3. The van der Waals surface area contributed by atoms with Gasteiger partial charge in [-0.1, -0.05) is 43.3 Å². The van der Waals surface area contributed by atoms with Crippen LogP contribution in [0.2, 0.25) is 0 Å². The first-order valence-corrected chi connectivity index (χ1v) is 10.1. The van der Waals surface area contributed by atoms with Gasteiger partial charge in [-0.05, 0) is 54.0 Å². The van der Waals surface area contributed by atoms with E-state index >= 15 is 0 Å². The fourth-order valence-electron chi connectivity index (χ4n) is 4.46. The van der Waals surface area contributed by atoms with Gasteiger partial charge in [0.1, 0.15) is 11.9 Å². The standard InChI is InChI=1S/C23H27FN2O2/c1-2-15-14-28-21(13-20(15)25)23(27)26-12-11-16-5-3-4-6-19(16)22(26)17-7-9-18(24)10-8-17/h3-10,15,20-22H,2,11-14,25H2,1H3/t15-,20-,21+,22-/m0/s1. The number of nitrogens with two attached hydrogens (primary N) is 1. The number of nitrogens with zero attached hydrogens (tertiary/aromatic N) is 1. The Morgan fingerprint density at radius 2 is 1.96 bits per heavy atom. The number of carbonyl (C=O) groups excluding carboxylic acids is 1. The third-order valence-corrected chi connectivity index (χ3v) is 6.16. The van der Waals surface area contributed by atoms with Crippen molar-refractivity contribution in [3.05, 3.63) is 71.0 Å². The Balaban J connectivity index is 1.65. The summed E-state index contributed by atoms with van der Waals surface area (Å²) in [5, 5.41) is 0. The van der Waals surface area contributed by atoms with Crippen LogP contribution in [-0.2, 0) is 16.0 Å². The molecule has 2 aliphatic rings. The van der Waals surface area contributed by atoms with Crippen LogP contribution < -0.4 is 5.73 Å². The molecule has 0 spiro atoms. The van der Waals surface area contributed by atoms with Gasteiger partial charge in [0.05, 0.1) is 12.6 Å². The third kappa shape index (κ3) is 3.56. The van der Waals surface area contributed by atoms with Crippen LogP contribution in [0, 0.1) is 11.7 Å². The quantitative estimate of drug-likeness (QED) is 0.885. The lowest BCUT2D eigenvalue weighted by atomic mass is 9.86. The van der Waals surface area contributed by atoms with Crippen molar-refractivity contribution in [2.45, 2.75) is 44.4 Å². The van der Waals surface area contributed by atoms with Crippen LogP contribution in [0.5, 0.6) is 0 Å². The lowest BCUT2D eigenvalue weighted by Crippen LogP contribution is -2.52. The van der Waals surface area contributed by atoms with E-state index in [0.717, 1.165) is 24.0 Å². The van der Waals surface area contributed by atoms with Gasteiger partial charge in [0, 0.05) is 12.6 Å². The summed E-state index contributed by atoms with van der Waals surface area (Å²) in [6.45, 7) is 3.24. The molecule has 0 aliphatic carbocycles. The molecule has 0 aromatic heterocycles. The summed E-state index contributed by atoms with van der Waals surface area (Å²) in [6.07, 6.45) is 1.80. The number of fused-ring (bicyclic) bond motifs is 1. The van der Waals surface area contributed by atoms with Crippen molar-refractivity contribution in [2.24, 2.45) is 11.7 Å². The van der Waals surface area contributed by atoms with Gasteiger partial charge in [-0.25, -0.2) is 4.39 Å². The SMILES string of the molecule is CC[C@H]1CO[C@@H](C(=O)N2CCc3ccccc3[C@@H]2c2ccc(F)cc2)C[C@@H]1N. The normalized spacial score (nSPS) is 27.3. The van der Waals surface area contributed by atoms with E-state index in [9.17, 15) is 9.18 Å². The van der Waals surface area contributed by atoms with Gasteiger partial charge in [-0.3, -0.25) is 4.79 Å². The summed E-state index contributed by atoms with van der Waals surface area (Å²) < 4.78 is 19.4. The van der Waals surface area contributed by atoms with Gasteiger partial charge in [-0.15, -0.1) is 0 Å². The van der Waals surface area contributed by atoms with E-state index in [0.29, 0.717) is 25.5 Å². The van der Waals surface area contributed by atoms with Crippen LogP contribution >= 0.6 is 0 Å². The third-order valence-electron chi connectivity index (χ3n) is 6.16. The predicted molar refractivity (Wildman–Crippen MR) is 106 cm³/mol. The number of hydrogen-bond donors (Lipinski definition) is 1. The second-order valence-electron chi connectivity index (χ2n) is 7.82. The summed E-state index contributed by atoms with van der Waals surface area (Å²) in [6, 6.07) is 14.4. The molecule has 2 aromatic carbocycles. The van der Waals surface area contributed by atoms with Crippen molar-refractivity contribution in [2.75, 3.05) is 13.2 Å². The minimum atomic E-state index is -0.508. The molecule has 0 unspecified atom stereocenters. The topological polar surface area (TPSA) is 55.6 Å². The zero-order valence-corrected chi connectivity index (χ0v) is 16.2. The zero-order valence-electron chi connectivity index (χ0n) is 16.2. The Bertz CT molecular complexity index is 839. The fraction of sp³-hybridized carbons (Fsp3) is 0.435. The molecule has 4 atom stereocenters. The Morgan fingerprint density at radius 1 is 1.21 bits per heavy atom. The average Bonchev–Trinajstić information content (AvgIpc) is 2.73. The van der Waals surface area contributed by atoms with Gasteiger partial charge in [0.25, 0.3) is 5.91 Å². The van der Waals surface area contributed by atoms with Gasteiger partial charge >= 0.3 is 0 Å². The van der Waals surface area contributed by atoms with E-state index in [1.807, 2.05) is 17.0 Å². The maximum absolute atomic E-state index is 13.5. The Hall–Kier alpha value is -2.24. The van der Waals surface area contributed by atoms with Crippen molar-refractivity contribution >= 4 is 5.91 Å². The Kier molecular flexibility index (Phi) is 5.47. The lowest BCUT2D eigenvalue weighted by Gasteiger charge is -2.41. The highest BCUT2D eigenvalue weighted by atomic mass is 19.1. The molecule has 1 fully saturated rings. The molecule has 28 heavy (non-hydrogen) atoms.